The predicted molar refractivity (Wildman–Crippen MR) is 76.2 cm³/mol. The summed E-state index contributed by atoms with van der Waals surface area (Å²) in [7, 11) is 0. The molecule has 0 spiro atoms. The molecule has 1 aromatic heterocycles. The maximum Gasteiger partial charge on any atom is 0.256 e. The van der Waals surface area contributed by atoms with Crippen LogP contribution in [0.25, 0.3) is 0 Å². The van der Waals surface area contributed by atoms with Gasteiger partial charge in [0.05, 0.1) is 0 Å². The Hall–Kier alpha value is -1.10. The van der Waals surface area contributed by atoms with Crippen LogP contribution in [0, 0.1) is 5.41 Å². The summed E-state index contributed by atoms with van der Waals surface area (Å²) in [5.74, 6) is -0.322. The number of aromatic amines is 1. The van der Waals surface area contributed by atoms with Crippen LogP contribution in [0.1, 0.15) is 37.6 Å². The van der Waals surface area contributed by atoms with Gasteiger partial charge in [0.2, 0.25) is 0 Å². The Kier molecular flexibility index (Phi) is 5.14. The lowest BCUT2D eigenvalue weighted by Gasteiger charge is -2.31. The second kappa shape index (κ2) is 6.18. The summed E-state index contributed by atoms with van der Waals surface area (Å²) in [5.41, 5.74) is -0.163. The number of hydrogen-bond acceptors (Lipinski definition) is 2. The molecular weight excluding hydrogens is 296 g/mol. The summed E-state index contributed by atoms with van der Waals surface area (Å²) < 4.78 is 0. The summed E-state index contributed by atoms with van der Waals surface area (Å²) in [6.45, 7) is 6.20. The van der Waals surface area contributed by atoms with Crippen LogP contribution in [0.4, 0.5) is 0 Å². The Bertz CT molecular complexity index is 463. The molecule has 0 radical (unpaired) electrons. The monoisotopic (exact) mass is 314 g/mol. The Labute approximate surface area is 115 Å². The van der Waals surface area contributed by atoms with Crippen molar-refractivity contribution in [2.75, 3.05) is 5.33 Å². The van der Waals surface area contributed by atoms with E-state index in [0.717, 1.165) is 11.8 Å². The Morgan fingerprint density at radius 2 is 2.17 bits per heavy atom. The van der Waals surface area contributed by atoms with Gasteiger partial charge in [-0.1, -0.05) is 36.7 Å². The molecule has 1 amide bonds. The maximum atomic E-state index is 12.1. The number of alkyl halides is 1. The van der Waals surface area contributed by atoms with E-state index in [-0.39, 0.29) is 28.4 Å². The molecule has 2 N–H and O–H groups in total. The smallest absolute Gasteiger partial charge is 0.256 e. The van der Waals surface area contributed by atoms with Gasteiger partial charge in [-0.2, -0.15) is 0 Å². The fourth-order valence-electron chi connectivity index (χ4n) is 1.66. The van der Waals surface area contributed by atoms with E-state index in [1.807, 2.05) is 0 Å². The third-order valence-corrected chi connectivity index (χ3v) is 3.28. The zero-order valence-electron chi connectivity index (χ0n) is 10.9. The molecule has 1 aromatic rings. The van der Waals surface area contributed by atoms with Crippen LogP contribution in [0.15, 0.2) is 23.3 Å². The van der Waals surface area contributed by atoms with Gasteiger partial charge in [0.15, 0.2) is 5.43 Å². The molecule has 1 unspecified atom stereocenters. The first kappa shape index (κ1) is 15.0. The van der Waals surface area contributed by atoms with E-state index in [9.17, 15) is 9.59 Å². The van der Waals surface area contributed by atoms with Crippen molar-refractivity contribution >= 4 is 21.8 Å². The van der Waals surface area contributed by atoms with Gasteiger partial charge in [-0.3, -0.25) is 9.59 Å². The third kappa shape index (κ3) is 3.98. The quantitative estimate of drug-likeness (QED) is 0.838. The molecule has 5 heteroatoms. The van der Waals surface area contributed by atoms with Gasteiger partial charge >= 0.3 is 0 Å². The second-order valence-corrected chi connectivity index (χ2v) is 6.08. The molecule has 1 atom stereocenters. The fourth-order valence-corrected chi connectivity index (χ4v) is 2.12. The van der Waals surface area contributed by atoms with E-state index in [4.69, 9.17) is 0 Å². The number of pyridine rings is 1. The van der Waals surface area contributed by atoms with Gasteiger partial charge < -0.3 is 10.3 Å². The lowest BCUT2D eigenvalue weighted by Crippen LogP contribution is -2.45. The topological polar surface area (TPSA) is 62.0 Å². The molecular formula is C13H19BrN2O2. The molecule has 0 aliphatic carbocycles. The van der Waals surface area contributed by atoms with Crippen molar-refractivity contribution < 1.29 is 4.79 Å². The number of nitrogens with one attached hydrogen (secondary N) is 2. The number of rotatable bonds is 4. The highest BCUT2D eigenvalue weighted by atomic mass is 79.9. The van der Waals surface area contributed by atoms with Crippen molar-refractivity contribution in [3.63, 3.8) is 0 Å². The number of hydrogen-bond donors (Lipinski definition) is 2. The van der Waals surface area contributed by atoms with E-state index in [0.29, 0.717) is 0 Å². The molecule has 0 aliphatic heterocycles. The zero-order chi connectivity index (χ0) is 13.8. The lowest BCUT2D eigenvalue weighted by atomic mass is 9.85. The summed E-state index contributed by atoms with van der Waals surface area (Å²) in [4.78, 5) is 26.4. The van der Waals surface area contributed by atoms with E-state index in [1.165, 1.54) is 18.5 Å². The number of halogens is 1. The van der Waals surface area contributed by atoms with Crippen molar-refractivity contribution in [1.29, 1.82) is 0 Å². The van der Waals surface area contributed by atoms with E-state index in [1.54, 1.807) is 0 Å². The highest BCUT2D eigenvalue weighted by Crippen LogP contribution is 2.22. The Morgan fingerprint density at radius 3 is 2.67 bits per heavy atom. The SMILES string of the molecule is CC(C)(C)C(CCBr)NC(=O)c1c[nH]ccc1=O. The van der Waals surface area contributed by atoms with Crippen molar-refractivity contribution in [1.82, 2.24) is 10.3 Å². The van der Waals surface area contributed by atoms with Crippen LogP contribution in [0.3, 0.4) is 0 Å². The van der Waals surface area contributed by atoms with E-state index in [2.05, 4.69) is 47.0 Å². The predicted octanol–water partition coefficient (Wildman–Crippen LogP) is 2.30. The third-order valence-electron chi connectivity index (χ3n) is 2.82. The normalized spacial score (nSPS) is 13.1. The lowest BCUT2D eigenvalue weighted by molar-refractivity contribution is 0.0899. The van der Waals surface area contributed by atoms with Gasteiger partial charge in [-0.25, -0.2) is 0 Å². The summed E-state index contributed by atoms with van der Waals surface area (Å²) in [5, 5.41) is 3.73. The maximum absolute atomic E-state index is 12.1. The number of amides is 1. The highest BCUT2D eigenvalue weighted by molar-refractivity contribution is 9.09. The molecule has 100 valence electrons. The van der Waals surface area contributed by atoms with Crippen LogP contribution < -0.4 is 10.7 Å². The average Bonchev–Trinajstić information content (AvgIpc) is 2.27. The Balaban J connectivity index is 2.86. The molecule has 0 bridgehead atoms. The first-order valence-electron chi connectivity index (χ1n) is 5.90. The first-order chi connectivity index (χ1) is 8.36. The van der Waals surface area contributed by atoms with Crippen LogP contribution in [0.2, 0.25) is 0 Å². The van der Waals surface area contributed by atoms with E-state index >= 15 is 0 Å². The van der Waals surface area contributed by atoms with Crippen molar-refractivity contribution in [2.45, 2.75) is 33.2 Å². The molecule has 0 aromatic carbocycles. The van der Waals surface area contributed by atoms with Crippen molar-refractivity contribution in [2.24, 2.45) is 5.41 Å². The number of H-pyrrole nitrogens is 1. The molecule has 0 fully saturated rings. The molecule has 0 saturated heterocycles. The summed E-state index contributed by atoms with van der Waals surface area (Å²) in [6, 6.07) is 1.37. The minimum Gasteiger partial charge on any atom is -0.367 e. The second-order valence-electron chi connectivity index (χ2n) is 5.29. The molecule has 4 nitrogen and oxygen atoms in total. The fraction of sp³-hybridized carbons (Fsp3) is 0.538. The summed E-state index contributed by atoms with van der Waals surface area (Å²) >= 11 is 3.38. The number of carbonyl (C=O) groups is 1. The van der Waals surface area contributed by atoms with Crippen LogP contribution in [0.5, 0.6) is 0 Å². The summed E-state index contributed by atoms with van der Waals surface area (Å²) in [6.07, 6.45) is 3.77. The molecule has 1 rings (SSSR count). The van der Waals surface area contributed by atoms with Crippen LogP contribution in [-0.2, 0) is 0 Å². The zero-order valence-corrected chi connectivity index (χ0v) is 12.5. The molecule has 0 saturated carbocycles. The van der Waals surface area contributed by atoms with E-state index < -0.39 is 0 Å². The molecule has 1 heterocycles. The van der Waals surface area contributed by atoms with Gasteiger partial charge in [0.1, 0.15) is 5.56 Å². The van der Waals surface area contributed by atoms with Gasteiger partial charge in [-0.15, -0.1) is 0 Å². The van der Waals surface area contributed by atoms with Crippen molar-refractivity contribution in [3.8, 4) is 0 Å². The van der Waals surface area contributed by atoms with Crippen LogP contribution >= 0.6 is 15.9 Å². The highest BCUT2D eigenvalue weighted by Gasteiger charge is 2.26. The largest absolute Gasteiger partial charge is 0.367 e. The number of carbonyl (C=O) groups excluding carboxylic acids is 1. The van der Waals surface area contributed by atoms with Crippen LogP contribution in [-0.4, -0.2) is 22.3 Å². The van der Waals surface area contributed by atoms with Gasteiger partial charge in [0, 0.05) is 29.8 Å². The van der Waals surface area contributed by atoms with Crippen molar-refractivity contribution in [3.05, 3.63) is 34.2 Å². The molecule has 18 heavy (non-hydrogen) atoms. The minimum absolute atomic E-state index is 0.0176. The standard InChI is InChI=1S/C13H19BrN2O2/c1-13(2,3)11(4-6-14)16-12(18)9-8-15-7-5-10(9)17/h5,7-8,11H,4,6H2,1-3H3,(H,15,17)(H,16,18). The minimum atomic E-state index is -0.322. The average molecular weight is 315 g/mol. The van der Waals surface area contributed by atoms with Gasteiger partial charge in [0.25, 0.3) is 5.91 Å². The Morgan fingerprint density at radius 1 is 1.50 bits per heavy atom. The molecule has 0 aliphatic rings. The van der Waals surface area contributed by atoms with Gasteiger partial charge in [-0.05, 0) is 11.8 Å². The number of aromatic nitrogens is 1. The first-order valence-corrected chi connectivity index (χ1v) is 7.02.